The van der Waals surface area contributed by atoms with Gasteiger partial charge in [-0.05, 0) is 43.7 Å². The van der Waals surface area contributed by atoms with Gasteiger partial charge in [-0.3, -0.25) is 5.10 Å². The summed E-state index contributed by atoms with van der Waals surface area (Å²) in [6.07, 6.45) is 0.502. The van der Waals surface area contributed by atoms with Crippen LogP contribution in [-0.2, 0) is 11.2 Å². The molecule has 0 spiro atoms. The number of carboxylic acid groups (broad SMARTS) is 1. The van der Waals surface area contributed by atoms with Gasteiger partial charge in [0.25, 0.3) is 0 Å². The number of amides is 1. The van der Waals surface area contributed by atoms with Gasteiger partial charge >= 0.3 is 6.09 Å². The van der Waals surface area contributed by atoms with E-state index in [-0.39, 0.29) is 48.8 Å². The molecule has 4 heterocycles. The molecule has 176 valence electrons. The number of imidazole rings is 1. The van der Waals surface area contributed by atoms with Crippen molar-refractivity contribution in [1.29, 1.82) is 0 Å². The largest absolute Gasteiger partial charge is 0.465 e. The maximum atomic E-state index is 15.4. The predicted octanol–water partition coefficient (Wildman–Crippen LogP) is 3.60. The van der Waals surface area contributed by atoms with Crippen LogP contribution in [0.4, 0.5) is 13.6 Å². The van der Waals surface area contributed by atoms with Gasteiger partial charge in [0.15, 0.2) is 5.82 Å². The Morgan fingerprint density at radius 3 is 2.68 bits per heavy atom. The van der Waals surface area contributed by atoms with E-state index in [1.165, 1.54) is 17.0 Å². The fourth-order valence-corrected chi connectivity index (χ4v) is 4.23. The molecule has 2 N–H and O–H groups in total. The van der Waals surface area contributed by atoms with E-state index in [0.717, 1.165) is 5.56 Å². The molecule has 1 aromatic carbocycles. The van der Waals surface area contributed by atoms with Crippen molar-refractivity contribution in [2.75, 3.05) is 19.7 Å². The third-order valence-electron chi connectivity index (χ3n) is 5.85. The van der Waals surface area contributed by atoms with Gasteiger partial charge in [0, 0.05) is 24.7 Å². The quantitative estimate of drug-likeness (QED) is 0.474. The van der Waals surface area contributed by atoms with Crippen LogP contribution in [-0.4, -0.2) is 66.5 Å². The number of aryl methyl sites for hydroxylation is 2. The number of fused-ring (bicyclic) bond motifs is 1. The summed E-state index contributed by atoms with van der Waals surface area (Å²) in [6.45, 7) is 4.27. The first kappa shape index (κ1) is 22.0. The van der Waals surface area contributed by atoms with Crippen LogP contribution in [0.1, 0.15) is 17.1 Å². The molecule has 1 aliphatic heterocycles. The van der Waals surface area contributed by atoms with Crippen molar-refractivity contribution in [1.82, 2.24) is 29.5 Å². The highest BCUT2D eigenvalue weighted by atomic mass is 19.1. The topological polar surface area (TPSA) is 109 Å². The lowest BCUT2D eigenvalue weighted by Gasteiger charge is -2.31. The molecule has 1 fully saturated rings. The maximum Gasteiger partial charge on any atom is 0.407 e. The summed E-state index contributed by atoms with van der Waals surface area (Å²) in [4.78, 5) is 21.4. The molecule has 9 nitrogen and oxygen atoms in total. The molecule has 1 saturated heterocycles. The van der Waals surface area contributed by atoms with Crippen molar-refractivity contribution in [3.05, 3.63) is 59.2 Å². The molecule has 0 saturated carbocycles. The summed E-state index contributed by atoms with van der Waals surface area (Å²) < 4.78 is 38.2. The minimum Gasteiger partial charge on any atom is -0.465 e. The first-order valence-electron chi connectivity index (χ1n) is 10.8. The second-order valence-corrected chi connectivity index (χ2v) is 8.32. The fourth-order valence-electron chi connectivity index (χ4n) is 4.23. The Labute approximate surface area is 193 Å². The van der Waals surface area contributed by atoms with E-state index in [2.05, 4.69) is 20.2 Å². The van der Waals surface area contributed by atoms with Crippen molar-refractivity contribution in [3.8, 4) is 22.6 Å². The van der Waals surface area contributed by atoms with Crippen LogP contribution < -0.4 is 0 Å². The smallest absolute Gasteiger partial charge is 0.407 e. The summed E-state index contributed by atoms with van der Waals surface area (Å²) in [5.74, 6) is -0.871. The molecule has 34 heavy (non-hydrogen) atoms. The van der Waals surface area contributed by atoms with Crippen LogP contribution >= 0.6 is 0 Å². The molecule has 1 aliphatic rings. The highest BCUT2D eigenvalue weighted by molar-refractivity contribution is 5.71. The lowest BCUT2D eigenvalue weighted by atomic mass is 10.0. The van der Waals surface area contributed by atoms with E-state index in [9.17, 15) is 9.90 Å². The fraction of sp³-hybridized carbons (Fsp3) is 0.304. The van der Waals surface area contributed by atoms with Crippen LogP contribution in [0.25, 0.3) is 28.3 Å². The molecule has 11 heteroatoms. The monoisotopic (exact) mass is 468 g/mol. The number of ether oxygens (including phenoxy) is 1. The first-order valence-corrected chi connectivity index (χ1v) is 10.8. The molecular formula is C23H22F2N6O3. The Kier molecular flexibility index (Phi) is 5.48. The van der Waals surface area contributed by atoms with Gasteiger partial charge in [0.2, 0.25) is 0 Å². The van der Waals surface area contributed by atoms with E-state index in [1.807, 2.05) is 19.1 Å². The van der Waals surface area contributed by atoms with Crippen molar-refractivity contribution in [2.24, 2.45) is 0 Å². The average molecular weight is 468 g/mol. The van der Waals surface area contributed by atoms with Gasteiger partial charge in [0.1, 0.15) is 23.1 Å². The minimum atomic E-state index is -1.03. The Bertz CT molecular complexity index is 1380. The number of hydrogen-bond donors (Lipinski definition) is 2. The van der Waals surface area contributed by atoms with E-state index >= 15 is 8.78 Å². The summed E-state index contributed by atoms with van der Waals surface area (Å²) in [5.41, 5.74) is 2.09. The number of nitrogens with one attached hydrogen (secondary N) is 1. The zero-order chi connectivity index (χ0) is 24.0. The number of carbonyl (C=O) groups is 1. The molecule has 1 atom stereocenters. The number of hydrogen-bond acceptors (Lipinski definition) is 5. The van der Waals surface area contributed by atoms with Crippen LogP contribution in [0, 0.1) is 25.5 Å². The number of halogens is 2. The number of H-pyrrole nitrogens is 1. The zero-order valence-electron chi connectivity index (χ0n) is 18.5. The lowest BCUT2D eigenvalue weighted by Crippen LogP contribution is -2.45. The summed E-state index contributed by atoms with van der Waals surface area (Å²) in [7, 11) is 0. The number of pyridine rings is 1. The van der Waals surface area contributed by atoms with E-state index in [1.54, 1.807) is 17.5 Å². The molecule has 0 bridgehead atoms. The molecule has 1 amide bonds. The third-order valence-corrected chi connectivity index (χ3v) is 5.85. The number of benzene rings is 1. The van der Waals surface area contributed by atoms with Gasteiger partial charge in [-0.1, -0.05) is 0 Å². The Morgan fingerprint density at radius 1 is 1.24 bits per heavy atom. The Hall–Kier alpha value is -3.86. The molecule has 0 radical (unpaired) electrons. The summed E-state index contributed by atoms with van der Waals surface area (Å²) >= 11 is 0. The average Bonchev–Trinajstić information content (AvgIpc) is 3.37. The predicted molar refractivity (Wildman–Crippen MR) is 118 cm³/mol. The molecule has 0 aliphatic carbocycles. The van der Waals surface area contributed by atoms with Crippen molar-refractivity contribution >= 4 is 11.7 Å². The Balaban J connectivity index is 1.60. The highest BCUT2D eigenvalue weighted by Crippen LogP contribution is 2.33. The van der Waals surface area contributed by atoms with Gasteiger partial charge in [-0.15, -0.1) is 0 Å². The van der Waals surface area contributed by atoms with E-state index in [0.29, 0.717) is 17.2 Å². The van der Waals surface area contributed by atoms with Crippen molar-refractivity contribution < 1.29 is 23.4 Å². The number of aromatic amines is 1. The van der Waals surface area contributed by atoms with E-state index in [4.69, 9.17) is 4.74 Å². The van der Waals surface area contributed by atoms with Gasteiger partial charge in [-0.25, -0.2) is 23.5 Å². The molecule has 0 unspecified atom stereocenters. The first-order chi connectivity index (χ1) is 16.3. The number of nitrogens with zero attached hydrogens (tertiary/aromatic N) is 5. The highest BCUT2D eigenvalue weighted by Gasteiger charge is 2.28. The molecule has 5 rings (SSSR count). The SMILES string of the molecule is Cc1ccn2c(C[C@H]3CN(C(=O)O)CCO3)c(-c3c(F)cc(-c4n[nH]c(C)n4)cc3F)nc2c1. The lowest BCUT2D eigenvalue weighted by molar-refractivity contribution is -0.0214. The second-order valence-electron chi connectivity index (χ2n) is 8.32. The number of aromatic nitrogens is 5. The summed E-state index contributed by atoms with van der Waals surface area (Å²) in [5, 5.41) is 16.0. The van der Waals surface area contributed by atoms with Crippen molar-refractivity contribution in [3.63, 3.8) is 0 Å². The standard InChI is InChI=1S/C23H22F2N6O3/c1-12-3-4-31-18(10-15-11-30(23(32)33)5-6-34-15)21(27-19(31)7-12)20-16(24)8-14(9-17(20)25)22-26-13(2)28-29-22/h3-4,7-9,15H,5-6,10-11H2,1-2H3,(H,32,33)(H,26,28,29)/t15-/m0/s1. The number of morpholine rings is 1. The van der Waals surface area contributed by atoms with Crippen LogP contribution in [0.15, 0.2) is 30.5 Å². The molecule has 4 aromatic rings. The maximum absolute atomic E-state index is 15.4. The Morgan fingerprint density at radius 2 is 2.00 bits per heavy atom. The molecule has 3 aromatic heterocycles. The van der Waals surface area contributed by atoms with Crippen LogP contribution in [0.5, 0.6) is 0 Å². The van der Waals surface area contributed by atoms with Crippen LogP contribution in [0.3, 0.4) is 0 Å². The zero-order valence-corrected chi connectivity index (χ0v) is 18.5. The van der Waals surface area contributed by atoms with Crippen molar-refractivity contribution in [2.45, 2.75) is 26.4 Å². The second kappa shape index (κ2) is 8.49. The summed E-state index contributed by atoms with van der Waals surface area (Å²) in [6, 6.07) is 6.06. The van der Waals surface area contributed by atoms with Gasteiger partial charge in [0.05, 0.1) is 36.2 Å². The molecular weight excluding hydrogens is 446 g/mol. The van der Waals surface area contributed by atoms with Gasteiger partial charge in [-0.2, -0.15) is 5.10 Å². The van der Waals surface area contributed by atoms with Crippen LogP contribution in [0.2, 0.25) is 0 Å². The third kappa shape index (κ3) is 3.98. The van der Waals surface area contributed by atoms with Gasteiger partial charge < -0.3 is 19.1 Å². The number of rotatable bonds is 4. The normalized spacial score (nSPS) is 16.4. The minimum absolute atomic E-state index is 0.148. The van der Waals surface area contributed by atoms with E-state index < -0.39 is 23.8 Å².